The van der Waals surface area contributed by atoms with E-state index in [1.54, 1.807) is 0 Å². The number of pyridine rings is 1. The van der Waals surface area contributed by atoms with Crippen LogP contribution in [0, 0.1) is 0 Å². The molecule has 1 aromatic carbocycles. The van der Waals surface area contributed by atoms with Crippen LogP contribution in [0.1, 0.15) is 22.8 Å². The zero-order valence-electron chi connectivity index (χ0n) is 12.2. The van der Waals surface area contributed by atoms with Gasteiger partial charge in [0, 0.05) is 23.7 Å². The van der Waals surface area contributed by atoms with E-state index in [1.165, 1.54) is 31.3 Å². The minimum Gasteiger partial charge on any atom is -0.321 e. The maximum Gasteiger partial charge on any atom is 0.418 e. The van der Waals surface area contributed by atoms with Crippen LogP contribution in [0.3, 0.4) is 0 Å². The molecular formula is C15H11ClF3N3O2. The summed E-state index contributed by atoms with van der Waals surface area (Å²) in [5.74, 6) is -1.06. The molecule has 2 aromatic rings. The van der Waals surface area contributed by atoms with Gasteiger partial charge >= 0.3 is 6.18 Å². The SMILES string of the molecule is CC(=O)Nc1cc(C(=O)Nc2ccc(Cl)cc2C(F)(F)F)ccn1. The van der Waals surface area contributed by atoms with E-state index in [1.807, 2.05) is 0 Å². The predicted octanol–water partition coefficient (Wildman–Crippen LogP) is 3.96. The van der Waals surface area contributed by atoms with Crippen molar-refractivity contribution in [1.82, 2.24) is 4.98 Å². The fourth-order valence-electron chi connectivity index (χ4n) is 1.87. The lowest BCUT2D eigenvalue weighted by molar-refractivity contribution is -0.136. The summed E-state index contributed by atoms with van der Waals surface area (Å²) in [6.07, 6.45) is -3.42. The maximum atomic E-state index is 13.0. The van der Waals surface area contributed by atoms with Gasteiger partial charge in [-0.1, -0.05) is 11.6 Å². The van der Waals surface area contributed by atoms with Gasteiger partial charge in [-0.25, -0.2) is 4.98 Å². The minimum absolute atomic E-state index is 0.0387. The molecule has 9 heteroatoms. The molecule has 2 rings (SSSR count). The highest BCUT2D eigenvalue weighted by Crippen LogP contribution is 2.36. The van der Waals surface area contributed by atoms with Crippen LogP contribution in [-0.4, -0.2) is 16.8 Å². The molecule has 0 unspecified atom stereocenters. The summed E-state index contributed by atoms with van der Waals surface area (Å²) in [5, 5.41) is 4.46. The first-order valence-corrected chi connectivity index (χ1v) is 6.96. The third-order valence-electron chi connectivity index (χ3n) is 2.86. The van der Waals surface area contributed by atoms with Crippen molar-refractivity contribution in [2.75, 3.05) is 10.6 Å². The quantitative estimate of drug-likeness (QED) is 0.873. The summed E-state index contributed by atoms with van der Waals surface area (Å²) >= 11 is 5.58. The Morgan fingerprint density at radius 1 is 1.12 bits per heavy atom. The van der Waals surface area contributed by atoms with Crippen LogP contribution in [0.5, 0.6) is 0 Å². The topological polar surface area (TPSA) is 71.1 Å². The molecule has 0 aliphatic carbocycles. The summed E-state index contributed by atoms with van der Waals surface area (Å²) in [6, 6.07) is 5.59. The first kappa shape index (κ1) is 17.7. The Morgan fingerprint density at radius 3 is 2.46 bits per heavy atom. The number of rotatable bonds is 3. The Bertz CT molecular complexity index is 794. The molecule has 0 fully saturated rings. The van der Waals surface area contributed by atoms with Crippen LogP contribution in [-0.2, 0) is 11.0 Å². The van der Waals surface area contributed by atoms with Crippen molar-refractivity contribution < 1.29 is 22.8 Å². The molecule has 0 radical (unpaired) electrons. The molecule has 5 nitrogen and oxygen atoms in total. The Balaban J connectivity index is 2.29. The maximum absolute atomic E-state index is 13.0. The minimum atomic E-state index is -4.67. The summed E-state index contributed by atoms with van der Waals surface area (Å²) in [4.78, 5) is 27.0. The lowest BCUT2D eigenvalue weighted by Gasteiger charge is -2.14. The molecule has 0 saturated heterocycles. The van der Waals surface area contributed by atoms with Gasteiger partial charge in [0.25, 0.3) is 5.91 Å². The van der Waals surface area contributed by atoms with Gasteiger partial charge in [-0.2, -0.15) is 13.2 Å². The number of halogens is 4. The Morgan fingerprint density at radius 2 is 1.83 bits per heavy atom. The van der Waals surface area contributed by atoms with Crippen LogP contribution in [0.25, 0.3) is 0 Å². The second-order valence-corrected chi connectivity index (χ2v) is 5.19. The van der Waals surface area contributed by atoms with Gasteiger partial charge in [0.15, 0.2) is 0 Å². The number of hydrogen-bond donors (Lipinski definition) is 2. The molecule has 0 bridgehead atoms. The van der Waals surface area contributed by atoms with Crippen molar-refractivity contribution in [3.05, 3.63) is 52.7 Å². The molecule has 2 amide bonds. The van der Waals surface area contributed by atoms with Gasteiger partial charge < -0.3 is 10.6 Å². The van der Waals surface area contributed by atoms with Gasteiger partial charge in [0.2, 0.25) is 5.91 Å². The zero-order chi connectivity index (χ0) is 17.9. The van der Waals surface area contributed by atoms with Gasteiger partial charge in [-0.15, -0.1) is 0 Å². The molecule has 24 heavy (non-hydrogen) atoms. The molecule has 0 aliphatic heterocycles. The third-order valence-corrected chi connectivity index (χ3v) is 3.10. The molecule has 1 heterocycles. The van der Waals surface area contributed by atoms with E-state index >= 15 is 0 Å². The smallest absolute Gasteiger partial charge is 0.321 e. The number of anilines is 2. The lowest BCUT2D eigenvalue weighted by Crippen LogP contribution is -2.17. The average molecular weight is 358 g/mol. The number of benzene rings is 1. The molecule has 0 saturated carbocycles. The standard InChI is InChI=1S/C15H11ClF3N3O2/c1-8(23)21-13-6-9(4-5-20-13)14(24)22-12-3-2-10(16)7-11(12)15(17,18)19/h2-7H,1H3,(H,22,24)(H,20,21,23). The first-order valence-electron chi connectivity index (χ1n) is 6.58. The van der Waals surface area contributed by atoms with Crippen LogP contribution in [0.15, 0.2) is 36.5 Å². The van der Waals surface area contributed by atoms with Crippen molar-refractivity contribution in [2.45, 2.75) is 13.1 Å². The van der Waals surface area contributed by atoms with Crippen LogP contribution in [0.2, 0.25) is 5.02 Å². The van der Waals surface area contributed by atoms with E-state index in [4.69, 9.17) is 11.6 Å². The number of nitrogens with one attached hydrogen (secondary N) is 2. The van der Waals surface area contributed by atoms with Crippen LogP contribution < -0.4 is 10.6 Å². The normalized spacial score (nSPS) is 11.0. The Kier molecular flexibility index (Phi) is 5.08. The van der Waals surface area contributed by atoms with Crippen molar-refractivity contribution >= 4 is 34.9 Å². The zero-order valence-corrected chi connectivity index (χ0v) is 13.0. The molecule has 0 spiro atoms. The number of nitrogens with zero attached hydrogens (tertiary/aromatic N) is 1. The van der Waals surface area contributed by atoms with E-state index in [0.717, 1.165) is 12.1 Å². The summed E-state index contributed by atoms with van der Waals surface area (Å²) < 4.78 is 39.1. The summed E-state index contributed by atoms with van der Waals surface area (Å²) in [5.41, 5.74) is -1.44. The van der Waals surface area contributed by atoms with Gasteiger partial charge in [-0.3, -0.25) is 9.59 Å². The summed E-state index contributed by atoms with van der Waals surface area (Å²) in [6.45, 7) is 1.26. The first-order chi connectivity index (χ1) is 11.2. The number of aromatic nitrogens is 1. The number of carbonyl (C=O) groups excluding carboxylic acids is 2. The van der Waals surface area contributed by atoms with Crippen LogP contribution >= 0.6 is 11.6 Å². The van der Waals surface area contributed by atoms with Crippen molar-refractivity contribution in [1.29, 1.82) is 0 Å². The second-order valence-electron chi connectivity index (χ2n) is 4.75. The summed E-state index contributed by atoms with van der Waals surface area (Å²) in [7, 11) is 0. The fraction of sp³-hybridized carbons (Fsp3) is 0.133. The molecule has 0 atom stereocenters. The van der Waals surface area contributed by atoms with E-state index in [-0.39, 0.29) is 16.4 Å². The van der Waals surface area contributed by atoms with Crippen LogP contribution in [0.4, 0.5) is 24.7 Å². The van der Waals surface area contributed by atoms with E-state index in [0.29, 0.717) is 0 Å². The Labute approximate surface area is 139 Å². The fourth-order valence-corrected chi connectivity index (χ4v) is 2.05. The van der Waals surface area contributed by atoms with Gasteiger partial charge in [0.05, 0.1) is 11.3 Å². The van der Waals surface area contributed by atoms with E-state index in [9.17, 15) is 22.8 Å². The number of hydrogen-bond acceptors (Lipinski definition) is 3. The lowest BCUT2D eigenvalue weighted by atomic mass is 10.1. The van der Waals surface area contributed by atoms with E-state index in [2.05, 4.69) is 15.6 Å². The number of amides is 2. The highest BCUT2D eigenvalue weighted by Gasteiger charge is 2.34. The van der Waals surface area contributed by atoms with E-state index < -0.39 is 29.2 Å². The third kappa shape index (κ3) is 4.45. The second kappa shape index (κ2) is 6.88. The number of alkyl halides is 3. The highest BCUT2D eigenvalue weighted by molar-refractivity contribution is 6.30. The molecular weight excluding hydrogens is 347 g/mol. The molecule has 126 valence electrons. The van der Waals surface area contributed by atoms with Crippen molar-refractivity contribution in [3.63, 3.8) is 0 Å². The highest BCUT2D eigenvalue weighted by atomic mass is 35.5. The van der Waals surface area contributed by atoms with Crippen molar-refractivity contribution in [2.24, 2.45) is 0 Å². The van der Waals surface area contributed by atoms with Gasteiger partial charge in [0.1, 0.15) is 5.82 Å². The van der Waals surface area contributed by atoms with Gasteiger partial charge in [-0.05, 0) is 30.3 Å². The Hall–Kier alpha value is -2.61. The largest absolute Gasteiger partial charge is 0.418 e. The average Bonchev–Trinajstić information content (AvgIpc) is 2.47. The monoisotopic (exact) mass is 357 g/mol. The van der Waals surface area contributed by atoms with Crippen molar-refractivity contribution in [3.8, 4) is 0 Å². The number of carbonyl (C=O) groups is 2. The predicted molar refractivity (Wildman–Crippen MR) is 82.9 cm³/mol. The molecule has 0 aliphatic rings. The molecule has 1 aromatic heterocycles. The molecule has 2 N–H and O–H groups in total.